The molecule has 200 valence electrons. The van der Waals surface area contributed by atoms with E-state index in [0.717, 1.165) is 52.7 Å². The number of benzene rings is 2. The zero-order valence-electron chi connectivity index (χ0n) is 21.7. The molecule has 0 aromatic heterocycles. The number of methoxy groups -OCH3 is 1. The van der Waals surface area contributed by atoms with E-state index in [1.807, 2.05) is 32.0 Å². The predicted molar refractivity (Wildman–Crippen MR) is 146 cm³/mol. The average molecular weight is 538 g/mol. The summed E-state index contributed by atoms with van der Waals surface area (Å²) in [4.78, 5) is 53.3. The Morgan fingerprint density at radius 2 is 1.82 bits per heavy atom. The molecule has 2 fully saturated rings. The molecular weight excluding hydrogens is 506 g/mol. The largest absolute Gasteiger partial charge is 0.493 e. The Morgan fingerprint density at radius 1 is 1.05 bits per heavy atom. The smallest absolute Gasteiger partial charge is 0.294 e. The van der Waals surface area contributed by atoms with Gasteiger partial charge in [-0.05, 0) is 85.8 Å². The second kappa shape index (κ2) is 12.2. The number of hydrogen-bond donors (Lipinski definition) is 1. The maximum atomic E-state index is 12.9. The van der Waals surface area contributed by atoms with Crippen LogP contribution < -0.4 is 14.8 Å². The van der Waals surface area contributed by atoms with Crippen molar-refractivity contribution in [2.24, 2.45) is 0 Å². The summed E-state index contributed by atoms with van der Waals surface area (Å²) < 4.78 is 11.1. The summed E-state index contributed by atoms with van der Waals surface area (Å²) in [6, 6.07) is 10.7. The van der Waals surface area contributed by atoms with Gasteiger partial charge in [0.15, 0.2) is 18.1 Å². The number of anilines is 1. The van der Waals surface area contributed by atoms with Gasteiger partial charge in [0.2, 0.25) is 5.91 Å². The SMILES string of the molecule is COc1cc(/C=C2\SC(=O)N(CC(=O)N3CCCCC3)C2=O)ccc1OCC(=O)Nc1cccc(C)c1C. The maximum Gasteiger partial charge on any atom is 0.294 e. The van der Waals surface area contributed by atoms with E-state index in [2.05, 4.69) is 5.32 Å². The van der Waals surface area contributed by atoms with Crippen LogP contribution in [0.15, 0.2) is 41.3 Å². The molecule has 4 amide bonds. The molecule has 2 saturated heterocycles. The summed E-state index contributed by atoms with van der Waals surface area (Å²) in [5, 5.41) is 2.38. The van der Waals surface area contributed by atoms with Crippen molar-refractivity contribution >= 4 is 46.5 Å². The minimum atomic E-state index is -0.493. The molecule has 2 heterocycles. The average Bonchev–Trinajstić information content (AvgIpc) is 3.18. The Hall–Kier alpha value is -3.79. The van der Waals surface area contributed by atoms with Crippen LogP contribution in [0.1, 0.15) is 36.0 Å². The first-order chi connectivity index (χ1) is 18.3. The van der Waals surface area contributed by atoms with Gasteiger partial charge in [0.1, 0.15) is 6.54 Å². The van der Waals surface area contributed by atoms with Crippen LogP contribution in [0.3, 0.4) is 0 Å². The molecule has 2 aliphatic heterocycles. The second-order valence-corrected chi connectivity index (χ2v) is 10.2. The number of nitrogens with zero attached hydrogens (tertiary/aromatic N) is 2. The van der Waals surface area contributed by atoms with Gasteiger partial charge >= 0.3 is 0 Å². The lowest BCUT2D eigenvalue weighted by Crippen LogP contribution is -2.44. The first-order valence-corrected chi connectivity index (χ1v) is 13.3. The number of ether oxygens (including phenoxy) is 2. The van der Waals surface area contributed by atoms with Crippen molar-refractivity contribution in [2.45, 2.75) is 33.1 Å². The normalized spacial score (nSPS) is 16.7. The number of carbonyl (C=O) groups is 4. The molecule has 2 aromatic carbocycles. The van der Waals surface area contributed by atoms with Crippen LogP contribution in [0, 0.1) is 13.8 Å². The summed E-state index contributed by atoms with van der Waals surface area (Å²) >= 11 is 0.803. The number of imide groups is 1. The fraction of sp³-hybridized carbons (Fsp3) is 0.357. The lowest BCUT2D eigenvalue weighted by Gasteiger charge is -2.27. The van der Waals surface area contributed by atoms with Crippen molar-refractivity contribution < 1.29 is 28.7 Å². The second-order valence-electron chi connectivity index (χ2n) is 9.20. The van der Waals surface area contributed by atoms with Crippen molar-refractivity contribution in [2.75, 3.05) is 38.7 Å². The molecule has 0 bridgehead atoms. The van der Waals surface area contributed by atoms with Gasteiger partial charge in [-0.25, -0.2) is 0 Å². The molecule has 38 heavy (non-hydrogen) atoms. The highest BCUT2D eigenvalue weighted by atomic mass is 32.2. The lowest BCUT2D eigenvalue weighted by atomic mass is 10.1. The fourth-order valence-corrected chi connectivity index (χ4v) is 5.11. The van der Waals surface area contributed by atoms with Gasteiger partial charge in [-0.2, -0.15) is 0 Å². The topological polar surface area (TPSA) is 105 Å². The summed E-state index contributed by atoms with van der Waals surface area (Å²) in [7, 11) is 1.47. The van der Waals surface area contributed by atoms with E-state index in [-0.39, 0.29) is 29.9 Å². The quantitative estimate of drug-likeness (QED) is 0.498. The number of hydrogen-bond acceptors (Lipinski definition) is 7. The standard InChI is InChI=1S/C28H31N3O6S/c1-18-8-7-9-21(19(18)2)29-25(32)17-37-22-11-10-20(14-23(22)36-3)15-24-27(34)31(28(35)38-24)16-26(33)30-12-5-4-6-13-30/h7-11,14-15H,4-6,12-13,16-17H2,1-3H3,(H,29,32)/b24-15-. The number of aryl methyl sites for hydroxylation is 1. The molecule has 0 unspecified atom stereocenters. The highest BCUT2D eigenvalue weighted by Crippen LogP contribution is 2.34. The van der Waals surface area contributed by atoms with Gasteiger partial charge in [-0.1, -0.05) is 18.2 Å². The van der Waals surface area contributed by atoms with Gasteiger partial charge in [-0.3, -0.25) is 24.1 Å². The summed E-state index contributed by atoms with van der Waals surface area (Å²) in [6.07, 6.45) is 4.54. The number of thioether (sulfide) groups is 1. The highest BCUT2D eigenvalue weighted by Gasteiger charge is 2.37. The summed E-state index contributed by atoms with van der Waals surface area (Å²) in [6.45, 7) is 4.77. The zero-order chi connectivity index (χ0) is 27.2. The van der Waals surface area contributed by atoms with Gasteiger partial charge in [0, 0.05) is 18.8 Å². The third-order valence-corrected chi connectivity index (χ3v) is 7.51. The van der Waals surface area contributed by atoms with Gasteiger partial charge in [-0.15, -0.1) is 0 Å². The van der Waals surface area contributed by atoms with Crippen LogP contribution in [0.25, 0.3) is 6.08 Å². The van der Waals surface area contributed by atoms with E-state index in [1.54, 1.807) is 29.2 Å². The molecule has 0 radical (unpaired) electrons. The minimum Gasteiger partial charge on any atom is -0.493 e. The third-order valence-electron chi connectivity index (χ3n) is 6.60. The predicted octanol–water partition coefficient (Wildman–Crippen LogP) is 4.38. The fourth-order valence-electron chi connectivity index (χ4n) is 4.28. The molecular formula is C28H31N3O6S. The Kier molecular flexibility index (Phi) is 8.73. The van der Waals surface area contributed by atoms with E-state index in [1.165, 1.54) is 7.11 Å². The van der Waals surface area contributed by atoms with Crippen molar-refractivity contribution in [3.8, 4) is 11.5 Å². The van der Waals surface area contributed by atoms with Crippen LogP contribution in [-0.2, 0) is 14.4 Å². The molecule has 2 aromatic rings. The molecule has 0 aliphatic carbocycles. The Bertz CT molecular complexity index is 1290. The monoisotopic (exact) mass is 537 g/mol. The van der Waals surface area contributed by atoms with Gasteiger partial charge < -0.3 is 19.7 Å². The minimum absolute atomic E-state index is 0.210. The summed E-state index contributed by atoms with van der Waals surface area (Å²) in [5.74, 6) is -0.276. The Morgan fingerprint density at radius 3 is 2.55 bits per heavy atom. The Balaban J connectivity index is 1.39. The molecule has 0 saturated carbocycles. The van der Waals surface area contributed by atoms with Crippen molar-refractivity contribution in [3.05, 3.63) is 58.0 Å². The number of piperidine rings is 1. The number of carbonyl (C=O) groups excluding carboxylic acids is 4. The number of amides is 4. The van der Waals surface area contributed by atoms with E-state index in [9.17, 15) is 19.2 Å². The molecule has 9 nitrogen and oxygen atoms in total. The number of rotatable bonds is 8. The van der Waals surface area contributed by atoms with Crippen molar-refractivity contribution in [3.63, 3.8) is 0 Å². The number of nitrogens with one attached hydrogen (secondary N) is 1. The van der Waals surface area contributed by atoms with Crippen molar-refractivity contribution in [1.82, 2.24) is 9.80 Å². The molecule has 4 rings (SSSR count). The van der Waals surface area contributed by atoms with Crippen LogP contribution in [0.4, 0.5) is 10.5 Å². The molecule has 1 N–H and O–H groups in total. The molecule has 10 heteroatoms. The van der Waals surface area contributed by atoms with Crippen LogP contribution >= 0.6 is 11.8 Å². The third kappa shape index (κ3) is 6.36. The molecule has 2 aliphatic rings. The van der Waals surface area contributed by atoms with Crippen LogP contribution in [-0.4, -0.2) is 66.1 Å². The van der Waals surface area contributed by atoms with Gasteiger partial charge in [0.05, 0.1) is 12.0 Å². The maximum absolute atomic E-state index is 12.9. The van der Waals surface area contributed by atoms with Crippen molar-refractivity contribution in [1.29, 1.82) is 0 Å². The molecule has 0 spiro atoms. The Labute approximate surface area is 226 Å². The lowest BCUT2D eigenvalue weighted by molar-refractivity contribution is -0.136. The van der Waals surface area contributed by atoms with E-state index in [0.29, 0.717) is 30.2 Å². The zero-order valence-corrected chi connectivity index (χ0v) is 22.6. The molecule has 0 atom stereocenters. The van der Waals surface area contributed by atoms with E-state index < -0.39 is 11.1 Å². The first kappa shape index (κ1) is 27.3. The van der Waals surface area contributed by atoms with Crippen LogP contribution in [0.5, 0.6) is 11.5 Å². The first-order valence-electron chi connectivity index (χ1n) is 12.5. The van der Waals surface area contributed by atoms with Gasteiger partial charge in [0.25, 0.3) is 17.1 Å². The summed E-state index contributed by atoms with van der Waals surface area (Å²) in [5.41, 5.74) is 3.41. The van der Waals surface area contributed by atoms with Crippen LogP contribution in [0.2, 0.25) is 0 Å². The highest BCUT2D eigenvalue weighted by molar-refractivity contribution is 8.18. The van der Waals surface area contributed by atoms with E-state index in [4.69, 9.17) is 9.47 Å². The number of likely N-dealkylation sites (tertiary alicyclic amines) is 1. The van der Waals surface area contributed by atoms with E-state index >= 15 is 0 Å².